The van der Waals surface area contributed by atoms with Gasteiger partial charge in [-0.25, -0.2) is 9.67 Å². The standard InChI is InChI=1S/C17H21N7O2/c1-26-16-5-6-18-17(21-16)23-10-13(14(11-23)24-8-7-19-22-24)20-15(25)9-12-3-2-4-12/h5-9,13-14H,2-4,10-11H2,1H3,(H,20,25)/t13-,14+/m1/s1. The van der Waals surface area contributed by atoms with Crippen LogP contribution in [-0.4, -0.2) is 57.1 Å². The van der Waals surface area contributed by atoms with Crippen molar-refractivity contribution in [3.05, 3.63) is 36.3 Å². The number of nitrogens with zero attached hydrogens (tertiary/aromatic N) is 6. The number of aromatic nitrogens is 5. The first-order chi connectivity index (χ1) is 12.7. The van der Waals surface area contributed by atoms with Crippen LogP contribution in [0.5, 0.6) is 5.88 Å². The van der Waals surface area contributed by atoms with Crippen molar-refractivity contribution in [2.75, 3.05) is 25.1 Å². The van der Waals surface area contributed by atoms with E-state index in [0.717, 1.165) is 12.8 Å². The smallest absolute Gasteiger partial charge is 0.244 e. The number of carbonyl (C=O) groups is 1. The Morgan fingerprint density at radius 3 is 2.92 bits per heavy atom. The Hall–Kier alpha value is -2.97. The maximum absolute atomic E-state index is 12.4. The fourth-order valence-electron chi connectivity index (χ4n) is 3.29. The monoisotopic (exact) mass is 355 g/mol. The van der Waals surface area contributed by atoms with Crippen LogP contribution in [0, 0.1) is 0 Å². The zero-order valence-corrected chi connectivity index (χ0v) is 14.6. The highest BCUT2D eigenvalue weighted by Crippen LogP contribution is 2.27. The SMILES string of the molecule is COc1ccnc(N2C[C@@H](NC(=O)C=C3CCC3)[C@@H](n3ccnn3)C2)n1. The zero-order chi connectivity index (χ0) is 17.9. The summed E-state index contributed by atoms with van der Waals surface area (Å²) >= 11 is 0. The lowest BCUT2D eigenvalue weighted by Gasteiger charge is -2.20. The van der Waals surface area contributed by atoms with Gasteiger partial charge in [0, 0.05) is 37.6 Å². The van der Waals surface area contributed by atoms with Crippen LogP contribution < -0.4 is 15.0 Å². The summed E-state index contributed by atoms with van der Waals surface area (Å²) in [5, 5.41) is 11.1. The van der Waals surface area contributed by atoms with Crippen molar-refractivity contribution in [1.29, 1.82) is 0 Å². The number of anilines is 1. The first-order valence-electron chi connectivity index (χ1n) is 8.70. The van der Waals surface area contributed by atoms with E-state index in [1.54, 1.807) is 36.3 Å². The summed E-state index contributed by atoms with van der Waals surface area (Å²) < 4.78 is 6.96. The van der Waals surface area contributed by atoms with Gasteiger partial charge in [-0.15, -0.1) is 5.10 Å². The second-order valence-electron chi connectivity index (χ2n) is 6.53. The van der Waals surface area contributed by atoms with Gasteiger partial charge < -0.3 is 15.0 Å². The van der Waals surface area contributed by atoms with Crippen molar-refractivity contribution < 1.29 is 9.53 Å². The Morgan fingerprint density at radius 1 is 1.35 bits per heavy atom. The van der Waals surface area contributed by atoms with E-state index in [-0.39, 0.29) is 18.0 Å². The highest BCUT2D eigenvalue weighted by Gasteiger charge is 2.37. The highest BCUT2D eigenvalue weighted by molar-refractivity contribution is 5.88. The lowest BCUT2D eigenvalue weighted by molar-refractivity contribution is -0.117. The first-order valence-corrected chi connectivity index (χ1v) is 8.70. The fourth-order valence-corrected chi connectivity index (χ4v) is 3.29. The number of nitrogens with one attached hydrogen (secondary N) is 1. The molecule has 0 aromatic carbocycles. The van der Waals surface area contributed by atoms with E-state index in [2.05, 4.69) is 25.6 Å². The van der Waals surface area contributed by atoms with Crippen LogP contribution in [0.15, 0.2) is 36.3 Å². The fraction of sp³-hybridized carbons (Fsp3) is 0.471. The molecule has 0 unspecified atom stereocenters. The second kappa shape index (κ2) is 7.11. The minimum absolute atomic E-state index is 0.0453. The summed E-state index contributed by atoms with van der Waals surface area (Å²) in [6.07, 6.45) is 10.1. The second-order valence-corrected chi connectivity index (χ2v) is 6.53. The largest absolute Gasteiger partial charge is 0.481 e. The summed E-state index contributed by atoms with van der Waals surface area (Å²) in [4.78, 5) is 23.1. The molecule has 1 amide bonds. The van der Waals surface area contributed by atoms with E-state index in [1.807, 2.05) is 11.1 Å². The number of hydrogen-bond donors (Lipinski definition) is 1. The molecule has 136 valence electrons. The molecule has 0 radical (unpaired) electrons. The number of methoxy groups -OCH3 is 1. The predicted octanol–water partition coefficient (Wildman–Crippen LogP) is 0.733. The third-order valence-electron chi connectivity index (χ3n) is 4.84. The van der Waals surface area contributed by atoms with Crippen molar-refractivity contribution in [2.45, 2.75) is 31.3 Å². The number of ether oxygens (including phenoxy) is 1. The van der Waals surface area contributed by atoms with Gasteiger partial charge in [0.15, 0.2) is 0 Å². The number of hydrogen-bond acceptors (Lipinski definition) is 7. The number of amides is 1. The summed E-state index contributed by atoms with van der Waals surface area (Å²) in [5.74, 6) is 1.03. The minimum Gasteiger partial charge on any atom is -0.481 e. The number of carbonyl (C=O) groups excluding carboxylic acids is 1. The average molecular weight is 355 g/mol. The average Bonchev–Trinajstić information content (AvgIpc) is 3.28. The van der Waals surface area contributed by atoms with E-state index >= 15 is 0 Å². The van der Waals surface area contributed by atoms with Gasteiger partial charge in [-0.05, 0) is 19.3 Å². The molecule has 9 nitrogen and oxygen atoms in total. The van der Waals surface area contributed by atoms with Gasteiger partial charge in [-0.3, -0.25) is 4.79 Å². The van der Waals surface area contributed by atoms with Gasteiger partial charge in [-0.1, -0.05) is 10.8 Å². The molecule has 0 bridgehead atoms. The van der Waals surface area contributed by atoms with Crippen molar-refractivity contribution >= 4 is 11.9 Å². The van der Waals surface area contributed by atoms with Gasteiger partial charge in [0.05, 0.1) is 25.4 Å². The van der Waals surface area contributed by atoms with Crippen LogP contribution in [0.1, 0.15) is 25.3 Å². The molecule has 2 fully saturated rings. The molecule has 1 aliphatic heterocycles. The quantitative estimate of drug-likeness (QED) is 0.790. The molecule has 2 aromatic rings. The minimum atomic E-state index is -0.115. The maximum atomic E-state index is 12.4. The Morgan fingerprint density at radius 2 is 2.23 bits per heavy atom. The highest BCUT2D eigenvalue weighted by atomic mass is 16.5. The molecule has 4 rings (SSSR count). The molecule has 3 heterocycles. The molecule has 2 aliphatic rings. The maximum Gasteiger partial charge on any atom is 0.244 e. The number of rotatable bonds is 5. The van der Waals surface area contributed by atoms with Crippen LogP contribution in [0.25, 0.3) is 0 Å². The van der Waals surface area contributed by atoms with E-state index in [4.69, 9.17) is 4.74 Å². The summed E-state index contributed by atoms with van der Waals surface area (Å²) in [6, 6.07) is 1.55. The van der Waals surface area contributed by atoms with Gasteiger partial charge >= 0.3 is 0 Å². The van der Waals surface area contributed by atoms with Crippen LogP contribution in [0.3, 0.4) is 0 Å². The van der Waals surface area contributed by atoms with Crippen molar-refractivity contribution in [3.8, 4) is 5.88 Å². The Labute approximate surface area is 151 Å². The van der Waals surface area contributed by atoms with Crippen LogP contribution in [-0.2, 0) is 4.79 Å². The third-order valence-corrected chi connectivity index (χ3v) is 4.84. The zero-order valence-electron chi connectivity index (χ0n) is 14.6. The summed E-state index contributed by atoms with van der Waals surface area (Å²) in [7, 11) is 1.57. The van der Waals surface area contributed by atoms with E-state index in [0.29, 0.717) is 24.9 Å². The molecule has 1 N–H and O–H groups in total. The Bertz CT molecular complexity index is 799. The van der Waals surface area contributed by atoms with Gasteiger partial charge in [0.25, 0.3) is 0 Å². The lowest BCUT2D eigenvalue weighted by Crippen LogP contribution is -2.41. The third kappa shape index (κ3) is 3.37. The van der Waals surface area contributed by atoms with E-state index in [9.17, 15) is 4.79 Å². The van der Waals surface area contributed by atoms with Crippen molar-refractivity contribution in [2.24, 2.45) is 0 Å². The number of allylic oxidation sites excluding steroid dienone is 1. The Balaban J connectivity index is 1.53. The molecule has 1 aliphatic carbocycles. The summed E-state index contributed by atoms with van der Waals surface area (Å²) in [6.45, 7) is 1.21. The molecule has 2 atom stereocenters. The van der Waals surface area contributed by atoms with Gasteiger partial charge in [-0.2, -0.15) is 4.98 Å². The molecule has 26 heavy (non-hydrogen) atoms. The normalized spacial score (nSPS) is 22.0. The molecular formula is C17H21N7O2. The molecule has 9 heteroatoms. The van der Waals surface area contributed by atoms with Gasteiger partial charge in [0.2, 0.25) is 17.7 Å². The molecule has 0 spiro atoms. The van der Waals surface area contributed by atoms with E-state index in [1.165, 1.54) is 12.0 Å². The van der Waals surface area contributed by atoms with Crippen molar-refractivity contribution in [3.63, 3.8) is 0 Å². The first kappa shape index (κ1) is 16.5. The predicted molar refractivity (Wildman–Crippen MR) is 93.7 cm³/mol. The van der Waals surface area contributed by atoms with Crippen LogP contribution >= 0.6 is 0 Å². The molecule has 2 aromatic heterocycles. The van der Waals surface area contributed by atoms with E-state index < -0.39 is 0 Å². The molecular weight excluding hydrogens is 334 g/mol. The van der Waals surface area contributed by atoms with Gasteiger partial charge in [0.1, 0.15) is 0 Å². The Kier molecular flexibility index (Phi) is 4.51. The van der Waals surface area contributed by atoms with Crippen LogP contribution in [0.2, 0.25) is 0 Å². The lowest BCUT2D eigenvalue weighted by atomic mass is 9.92. The van der Waals surface area contributed by atoms with Crippen LogP contribution in [0.4, 0.5) is 5.95 Å². The molecule has 1 saturated carbocycles. The summed E-state index contributed by atoms with van der Waals surface area (Å²) in [5.41, 5.74) is 1.21. The van der Waals surface area contributed by atoms with Crippen molar-refractivity contribution in [1.82, 2.24) is 30.3 Å². The topological polar surface area (TPSA) is 98.1 Å². The molecule has 1 saturated heterocycles.